The van der Waals surface area contributed by atoms with Crippen LogP contribution in [0.1, 0.15) is 37.7 Å². The van der Waals surface area contributed by atoms with Crippen molar-refractivity contribution in [2.75, 3.05) is 23.4 Å². The molecule has 0 bridgehead atoms. The Kier molecular flexibility index (Phi) is 8.94. The second-order valence-corrected chi connectivity index (χ2v) is 9.89. The topological polar surface area (TPSA) is 93.2 Å². The van der Waals surface area contributed by atoms with E-state index in [1.807, 2.05) is 30.3 Å². The molecule has 1 aromatic heterocycles. The van der Waals surface area contributed by atoms with E-state index in [-0.39, 0.29) is 57.2 Å². The van der Waals surface area contributed by atoms with Crippen molar-refractivity contribution in [2.45, 2.75) is 38.5 Å². The summed E-state index contributed by atoms with van der Waals surface area (Å²) in [5.74, 6) is 1.91. The van der Waals surface area contributed by atoms with Gasteiger partial charge in [-0.15, -0.1) is 0 Å². The molecule has 1 aliphatic carbocycles. The monoisotopic (exact) mass is 479 g/mol. The Morgan fingerprint density at radius 3 is 2.28 bits per heavy atom. The van der Waals surface area contributed by atoms with E-state index in [1.54, 1.807) is 13.2 Å². The summed E-state index contributed by atoms with van der Waals surface area (Å²) in [6.07, 6.45) is 8.42. The van der Waals surface area contributed by atoms with Crippen LogP contribution in [0.5, 0.6) is 5.75 Å². The van der Waals surface area contributed by atoms with Crippen molar-refractivity contribution < 1.29 is 13.2 Å². The summed E-state index contributed by atoms with van der Waals surface area (Å²) in [6.45, 7) is 0. The third-order valence-corrected chi connectivity index (χ3v) is 6.22. The SMILES string of the molecule is COc1ccc(CC2CCCCC2)c(Nc2nc3ccccc3nc2NS(C)(=O)=O)c1.[K]. The van der Waals surface area contributed by atoms with E-state index in [1.165, 1.54) is 32.1 Å². The molecule has 1 heterocycles. The van der Waals surface area contributed by atoms with Crippen molar-refractivity contribution >= 4 is 89.8 Å². The Hall–Kier alpha value is -1.23. The minimum absolute atomic E-state index is 0. The Morgan fingerprint density at radius 2 is 1.66 bits per heavy atom. The number of sulfonamides is 1. The van der Waals surface area contributed by atoms with Gasteiger partial charge in [0, 0.05) is 63.1 Å². The fourth-order valence-electron chi connectivity index (χ4n) is 4.14. The van der Waals surface area contributed by atoms with Crippen LogP contribution in [-0.4, -0.2) is 83.1 Å². The summed E-state index contributed by atoms with van der Waals surface area (Å²) in [4.78, 5) is 9.15. The number of nitrogens with zero attached hydrogens (tertiary/aromatic N) is 2. The van der Waals surface area contributed by atoms with Gasteiger partial charge in [0.25, 0.3) is 0 Å². The molecular formula is C23H28KN4O3S. The van der Waals surface area contributed by atoms with Crippen molar-refractivity contribution in [2.24, 2.45) is 5.92 Å². The van der Waals surface area contributed by atoms with Gasteiger partial charge < -0.3 is 10.1 Å². The first-order valence-electron chi connectivity index (χ1n) is 10.6. The zero-order chi connectivity index (χ0) is 21.8. The van der Waals surface area contributed by atoms with E-state index in [4.69, 9.17) is 4.74 Å². The van der Waals surface area contributed by atoms with Crippen molar-refractivity contribution in [1.29, 1.82) is 0 Å². The third-order valence-electron chi connectivity index (χ3n) is 5.66. The van der Waals surface area contributed by atoms with E-state index in [0.29, 0.717) is 22.8 Å². The zero-order valence-electron chi connectivity index (χ0n) is 18.9. The fourth-order valence-corrected chi connectivity index (χ4v) is 4.63. The van der Waals surface area contributed by atoms with E-state index in [2.05, 4.69) is 26.1 Å². The van der Waals surface area contributed by atoms with Crippen LogP contribution in [0.4, 0.5) is 17.3 Å². The molecule has 0 spiro atoms. The molecule has 1 aliphatic rings. The standard InChI is InChI=1S/C23H28N4O3S.K/c1-30-18-13-12-17(14-16-8-4-3-5-9-16)21(15-18)26-22-23(27-31(2,28)29)25-20-11-7-6-10-19(20)24-22;/h6-7,10-13,15-16H,3-5,8-9,14H2,1-2H3,(H,24,26)(H,25,27);. The molecule has 2 aromatic carbocycles. The minimum atomic E-state index is -3.52. The number of aromatic nitrogens is 2. The first-order chi connectivity index (χ1) is 14.9. The maximum absolute atomic E-state index is 11.9. The largest absolute Gasteiger partial charge is 0.497 e. The van der Waals surface area contributed by atoms with Crippen LogP contribution in [-0.2, 0) is 16.4 Å². The van der Waals surface area contributed by atoms with Gasteiger partial charge in [0.1, 0.15) is 5.75 Å². The summed E-state index contributed by atoms with van der Waals surface area (Å²) in [7, 11) is -1.89. The predicted molar refractivity (Wildman–Crippen MR) is 130 cm³/mol. The Balaban J connectivity index is 0.00000289. The predicted octanol–water partition coefficient (Wildman–Crippen LogP) is 4.50. The number of hydrogen-bond acceptors (Lipinski definition) is 6. The van der Waals surface area contributed by atoms with E-state index >= 15 is 0 Å². The molecule has 0 aliphatic heterocycles. The molecule has 2 N–H and O–H groups in total. The molecule has 0 atom stereocenters. The third kappa shape index (κ3) is 6.65. The molecule has 1 radical (unpaired) electrons. The molecule has 32 heavy (non-hydrogen) atoms. The Morgan fingerprint density at radius 1 is 1.00 bits per heavy atom. The van der Waals surface area contributed by atoms with Gasteiger partial charge in [0.2, 0.25) is 10.0 Å². The molecule has 0 saturated heterocycles. The van der Waals surface area contributed by atoms with Crippen molar-refractivity contribution in [3.63, 3.8) is 0 Å². The number of para-hydroxylation sites is 2. The zero-order valence-corrected chi connectivity index (χ0v) is 22.8. The van der Waals surface area contributed by atoms with E-state index < -0.39 is 10.0 Å². The van der Waals surface area contributed by atoms with Crippen molar-refractivity contribution in [3.8, 4) is 5.75 Å². The van der Waals surface area contributed by atoms with Crippen LogP contribution < -0.4 is 14.8 Å². The number of nitrogens with one attached hydrogen (secondary N) is 2. The number of rotatable bonds is 7. The Labute approximate surface area is 232 Å². The minimum Gasteiger partial charge on any atom is -0.497 e. The molecule has 9 heteroatoms. The second-order valence-electron chi connectivity index (χ2n) is 8.14. The summed E-state index contributed by atoms with van der Waals surface area (Å²) in [6, 6.07) is 13.4. The summed E-state index contributed by atoms with van der Waals surface area (Å²) < 4.78 is 31.8. The maximum Gasteiger partial charge on any atom is 0.231 e. The van der Waals surface area contributed by atoms with Gasteiger partial charge in [-0.05, 0) is 36.1 Å². The van der Waals surface area contributed by atoms with E-state index in [9.17, 15) is 8.42 Å². The van der Waals surface area contributed by atoms with Crippen molar-refractivity contribution in [3.05, 3.63) is 48.0 Å². The van der Waals surface area contributed by atoms with Gasteiger partial charge in [-0.25, -0.2) is 18.4 Å². The average molecular weight is 480 g/mol. The summed E-state index contributed by atoms with van der Waals surface area (Å²) in [5, 5.41) is 3.34. The summed E-state index contributed by atoms with van der Waals surface area (Å²) >= 11 is 0. The smallest absolute Gasteiger partial charge is 0.231 e. The van der Waals surface area contributed by atoms with Crippen molar-refractivity contribution in [1.82, 2.24) is 9.97 Å². The second kappa shape index (κ2) is 11.3. The van der Waals surface area contributed by atoms with Gasteiger partial charge in [-0.3, -0.25) is 4.72 Å². The molecule has 1 fully saturated rings. The number of methoxy groups -OCH3 is 1. The van der Waals surface area contributed by atoms with Gasteiger partial charge in [-0.2, -0.15) is 0 Å². The molecule has 0 amide bonds. The van der Waals surface area contributed by atoms with Gasteiger partial charge in [0.15, 0.2) is 11.6 Å². The van der Waals surface area contributed by atoms with Crippen LogP contribution >= 0.6 is 0 Å². The molecule has 3 aromatic rings. The van der Waals surface area contributed by atoms with Crippen LogP contribution in [0, 0.1) is 5.92 Å². The van der Waals surface area contributed by atoms with Gasteiger partial charge >= 0.3 is 0 Å². The van der Waals surface area contributed by atoms with E-state index in [0.717, 1.165) is 29.7 Å². The fraction of sp³-hybridized carbons (Fsp3) is 0.391. The molecule has 165 valence electrons. The number of hydrogen-bond donors (Lipinski definition) is 2. The van der Waals surface area contributed by atoms with Crippen LogP contribution in [0.25, 0.3) is 11.0 Å². The first kappa shape index (κ1) is 25.4. The molecular weight excluding hydrogens is 451 g/mol. The van der Waals surface area contributed by atoms with Gasteiger partial charge in [-0.1, -0.05) is 50.3 Å². The molecule has 7 nitrogen and oxygen atoms in total. The quantitative estimate of drug-likeness (QED) is 0.485. The average Bonchev–Trinajstić information content (AvgIpc) is 2.75. The molecule has 1 saturated carbocycles. The van der Waals surface area contributed by atoms with Crippen LogP contribution in [0.2, 0.25) is 0 Å². The first-order valence-corrected chi connectivity index (χ1v) is 12.5. The van der Waals surface area contributed by atoms with Crippen LogP contribution in [0.3, 0.4) is 0 Å². The number of benzene rings is 2. The molecule has 0 unspecified atom stereocenters. The number of ether oxygens (including phenoxy) is 1. The normalized spacial score (nSPS) is 14.6. The van der Waals surface area contributed by atoms with Crippen LogP contribution in [0.15, 0.2) is 42.5 Å². The molecule has 4 rings (SSSR count). The summed E-state index contributed by atoms with van der Waals surface area (Å²) in [5.41, 5.74) is 3.31. The number of fused-ring (bicyclic) bond motifs is 1. The maximum atomic E-state index is 11.9. The Bertz CT molecular complexity index is 1180. The number of anilines is 3. The van der Waals surface area contributed by atoms with Gasteiger partial charge in [0.05, 0.1) is 24.4 Å².